The first-order valence-electron chi connectivity index (χ1n) is 5.71. The Kier molecular flexibility index (Phi) is 3.02. The molecule has 0 aromatic heterocycles. The molecule has 0 aromatic rings. The zero-order chi connectivity index (χ0) is 9.97. The molecule has 0 aromatic carbocycles. The van der Waals surface area contributed by atoms with Crippen LogP contribution in [-0.4, -0.2) is 17.9 Å². The van der Waals surface area contributed by atoms with Crippen molar-refractivity contribution in [1.29, 1.82) is 0 Å². The molecule has 3 atom stereocenters. The van der Waals surface area contributed by atoms with E-state index in [4.69, 9.17) is 0 Å². The first kappa shape index (κ1) is 9.91. The fraction of sp³-hybridized carbons (Fsp3) is 0.750. The highest BCUT2D eigenvalue weighted by molar-refractivity contribution is 5.85. The van der Waals surface area contributed by atoms with E-state index in [1.165, 1.54) is 25.7 Å². The Hall–Kier alpha value is -0.630. The number of hydrogen-bond acceptors (Lipinski definition) is 2. The van der Waals surface area contributed by atoms with Crippen LogP contribution >= 0.6 is 0 Å². The van der Waals surface area contributed by atoms with Crippen LogP contribution < -0.4 is 5.32 Å². The molecule has 0 radical (unpaired) electrons. The largest absolute Gasteiger partial charge is 0.304 e. The quantitative estimate of drug-likeness (QED) is 0.695. The fourth-order valence-corrected chi connectivity index (χ4v) is 2.85. The van der Waals surface area contributed by atoms with Crippen molar-refractivity contribution in [3.63, 3.8) is 0 Å². The minimum absolute atomic E-state index is 0.126. The molecule has 2 heteroatoms. The number of nitrogens with one attached hydrogen (secondary N) is 1. The first-order valence-corrected chi connectivity index (χ1v) is 5.71. The predicted molar refractivity (Wildman–Crippen MR) is 57.1 cm³/mol. The molecule has 2 rings (SSSR count). The molecule has 2 nitrogen and oxygen atoms in total. The van der Waals surface area contributed by atoms with Crippen LogP contribution in [0.5, 0.6) is 0 Å². The molecule has 1 N–H and O–H groups in total. The molecule has 0 spiro atoms. The second kappa shape index (κ2) is 4.26. The molecule has 0 bridgehead atoms. The molecule has 78 valence electrons. The maximum atomic E-state index is 11.7. The van der Waals surface area contributed by atoms with E-state index in [1.54, 1.807) is 6.08 Å². The monoisotopic (exact) mass is 193 g/mol. The van der Waals surface area contributed by atoms with Gasteiger partial charge in [-0.05, 0) is 25.2 Å². The Morgan fingerprint density at radius 1 is 1.43 bits per heavy atom. The summed E-state index contributed by atoms with van der Waals surface area (Å²) in [6.45, 7) is 3.61. The van der Waals surface area contributed by atoms with Gasteiger partial charge < -0.3 is 5.32 Å². The molecule has 0 amide bonds. The van der Waals surface area contributed by atoms with Gasteiger partial charge in [0.15, 0.2) is 5.78 Å². The number of hydrogen-bond donors (Lipinski definition) is 1. The molecule has 3 unspecified atom stereocenters. The second-order valence-corrected chi connectivity index (χ2v) is 4.57. The highest BCUT2D eigenvalue weighted by Gasteiger charge is 2.37. The van der Waals surface area contributed by atoms with Crippen molar-refractivity contribution >= 4 is 5.78 Å². The molecule has 14 heavy (non-hydrogen) atoms. The van der Waals surface area contributed by atoms with Crippen LogP contribution in [0.15, 0.2) is 12.7 Å². The maximum absolute atomic E-state index is 11.7. The molecular weight excluding hydrogens is 174 g/mol. The summed E-state index contributed by atoms with van der Waals surface area (Å²) in [5, 5.41) is 3.48. The van der Waals surface area contributed by atoms with Gasteiger partial charge in [0.05, 0.1) is 6.04 Å². The van der Waals surface area contributed by atoms with Crippen molar-refractivity contribution < 1.29 is 4.79 Å². The Morgan fingerprint density at radius 3 is 2.93 bits per heavy atom. The average molecular weight is 193 g/mol. The van der Waals surface area contributed by atoms with Gasteiger partial charge in [-0.2, -0.15) is 0 Å². The minimum Gasteiger partial charge on any atom is -0.304 e. The van der Waals surface area contributed by atoms with Crippen molar-refractivity contribution in [3.8, 4) is 0 Å². The number of ketones is 1. The van der Waals surface area contributed by atoms with Crippen LogP contribution in [0.2, 0.25) is 0 Å². The second-order valence-electron chi connectivity index (χ2n) is 4.57. The number of Topliss-reactive ketones (excluding diaryl/α,β-unsaturated/α-hetero) is 1. The number of allylic oxidation sites excluding steroid dienone is 1. The summed E-state index contributed by atoms with van der Waals surface area (Å²) in [6.07, 6.45) is 8.57. The van der Waals surface area contributed by atoms with Gasteiger partial charge in [0.25, 0.3) is 0 Å². The smallest absolute Gasteiger partial charge is 0.153 e. The van der Waals surface area contributed by atoms with E-state index in [0.717, 1.165) is 12.3 Å². The van der Waals surface area contributed by atoms with Crippen molar-refractivity contribution in [2.75, 3.05) is 0 Å². The lowest BCUT2D eigenvalue weighted by molar-refractivity contribution is -0.120. The molecule has 1 saturated carbocycles. The van der Waals surface area contributed by atoms with Crippen LogP contribution in [0.1, 0.15) is 38.5 Å². The van der Waals surface area contributed by atoms with E-state index in [-0.39, 0.29) is 6.04 Å². The number of carbonyl (C=O) groups excluding carboxylic acids is 1. The molecular formula is C12H19NO. The van der Waals surface area contributed by atoms with E-state index < -0.39 is 0 Å². The van der Waals surface area contributed by atoms with Gasteiger partial charge in [-0.15, -0.1) is 6.58 Å². The highest BCUT2D eigenvalue weighted by Crippen LogP contribution is 2.33. The fourth-order valence-electron chi connectivity index (χ4n) is 2.85. The van der Waals surface area contributed by atoms with Gasteiger partial charge in [-0.3, -0.25) is 4.79 Å². The molecule has 1 saturated heterocycles. The van der Waals surface area contributed by atoms with E-state index in [0.29, 0.717) is 18.2 Å². The van der Waals surface area contributed by atoms with Crippen LogP contribution in [0.4, 0.5) is 0 Å². The van der Waals surface area contributed by atoms with E-state index in [2.05, 4.69) is 11.9 Å². The summed E-state index contributed by atoms with van der Waals surface area (Å²) < 4.78 is 0. The van der Waals surface area contributed by atoms with Crippen molar-refractivity contribution in [3.05, 3.63) is 12.7 Å². The van der Waals surface area contributed by atoms with Crippen LogP contribution in [0, 0.1) is 5.92 Å². The van der Waals surface area contributed by atoms with Gasteiger partial charge >= 0.3 is 0 Å². The van der Waals surface area contributed by atoms with Gasteiger partial charge in [0.2, 0.25) is 0 Å². The van der Waals surface area contributed by atoms with Crippen LogP contribution in [0.3, 0.4) is 0 Å². The average Bonchev–Trinajstić information content (AvgIpc) is 2.61. The first-order chi connectivity index (χ1) is 6.81. The van der Waals surface area contributed by atoms with Crippen molar-refractivity contribution in [2.24, 2.45) is 5.92 Å². The molecule has 1 aliphatic heterocycles. The van der Waals surface area contributed by atoms with Gasteiger partial charge in [0.1, 0.15) is 0 Å². The van der Waals surface area contributed by atoms with Crippen LogP contribution in [-0.2, 0) is 4.79 Å². The Bertz CT molecular complexity index is 222. The Balaban J connectivity index is 1.92. The highest BCUT2D eigenvalue weighted by atomic mass is 16.1. The summed E-state index contributed by atoms with van der Waals surface area (Å²) in [6, 6.07) is 0.753. The third-order valence-electron chi connectivity index (χ3n) is 3.60. The Morgan fingerprint density at radius 2 is 2.21 bits per heavy atom. The van der Waals surface area contributed by atoms with Gasteiger partial charge in [-0.1, -0.05) is 18.9 Å². The number of fused-ring (bicyclic) bond motifs is 1. The van der Waals surface area contributed by atoms with Crippen molar-refractivity contribution in [2.45, 2.75) is 50.6 Å². The third-order valence-corrected chi connectivity index (χ3v) is 3.60. The lowest BCUT2D eigenvalue weighted by Gasteiger charge is -2.24. The third kappa shape index (κ3) is 1.90. The standard InChI is InChI=1S/C12H19NO/c1-2-5-12(14)11-8-9-6-3-4-7-10(9)13-11/h2,9-11,13H,1,3-8H2. The molecule has 1 heterocycles. The van der Waals surface area contributed by atoms with Crippen molar-refractivity contribution in [1.82, 2.24) is 5.32 Å². The summed E-state index contributed by atoms with van der Waals surface area (Å²) >= 11 is 0. The summed E-state index contributed by atoms with van der Waals surface area (Å²) in [5.41, 5.74) is 0. The predicted octanol–water partition coefficient (Wildman–Crippen LogP) is 2.05. The summed E-state index contributed by atoms with van der Waals surface area (Å²) in [5.74, 6) is 1.09. The lowest BCUT2D eigenvalue weighted by Crippen LogP contribution is -2.36. The zero-order valence-electron chi connectivity index (χ0n) is 8.67. The molecule has 2 fully saturated rings. The van der Waals surface area contributed by atoms with Gasteiger partial charge in [0, 0.05) is 12.5 Å². The van der Waals surface area contributed by atoms with Crippen LogP contribution in [0.25, 0.3) is 0 Å². The summed E-state index contributed by atoms with van der Waals surface area (Å²) in [7, 11) is 0. The number of rotatable bonds is 3. The van der Waals surface area contributed by atoms with E-state index in [9.17, 15) is 4.79 Å². The topological polar surface area (TPSA) is 29.1 Å². The molecule has 1 aliphatic carbocycles. The zero-order valence-corrected chi connectivity index (χ0v) is 8.67. The summed E-state index contributed by atoms with van der Waals surface area (Å²) in [4.78, 5) is 11.7. The lowest BCUT2D eigenvalue weighted by atomic mass is 9.85. The minimum atomic E-state index is 0.126. The SMILES string of the molecule is C=CCC(=O)C1CC2CCCCC2N1. The maximum Gasteiger partial charge on any atom is 0.153 e. The van der Waals surface area contributed by atoms with E-state index in [1.807, 2.05) is 0 Å². The Labute approximate surface area is 85.8 Å². The molecule has 2 aliphatic rings. The van der Waals surface area contributed by atoms with E-state index >= 15 is 0 Å². The number of carbonyl (C=O) groups is 1. The normalized spacial score (nSPS) is 36.4. The van der Waals surface area contributed by atoms with Gasteiger partial charge in [-0.25, -0.2) is 0 Å².